The number of hydrogen-bond donors (Lipinski definition) is 3. The highest BCUT2D eigenvalue weighted by Gasteiger charge is 2.24. The molecule has 0 aliphatic heterocycles. The average molecular weight is 259 g/mol. The third-order valence-corrected chi connectivity index (χ3v) is 2.47. The van der Waals surface area contributed by atoms with Gasteiger partial charge in [0.05, 0.1) is 11.7 Å². The molecule has 0 heterocycles. The van der Waals surface area contributed by atoms with E-state index in [9.17, 15) is 23.8 Å². The first kappa shape index (κ1) is 14.5. The molecule has 100 valence electrons. The number of rotatable bonds is 5. The topological polar surface area (TPSA) is 69.6 Å². The molecule has 4 nitrogen and oxygen atoms in total. The van der Waals surface area contributed by atoms with E-state index in [1.54, 1.807) is 0 Å². The molecule has 0 fully saturated rings. The fraction of sp³-hybridized carbons (Fsp3) is 0.417. The summed E-state index contributed by atoms with van der Waals surface area (Å²) < 4.78 is 26.7. The Balaban J connectivity index is 2.68. The van der Waals surface area contributed by atoms with Crippen LogP contribution in [0.25, 0.3) is 0 Å². The highest BCUT2D eigenvalue weighted by molar-refractivity contribution is 5.72. The van der Waals surface area contributed by atoms with Crippen molar-refractivity contribution in [3.05, 3.63) is 35.4 Å². The number of benzene rings is 1. The highest BCUT2D eigenvalue weighted by atomic mass is 19.1. The Morgan fingerprint density at radius 1 is 1.33 bits per heavy atom. The molecule has 0 radical (unpaired) electrons. The van der Waals surface area contributed by atoms with Gasteiger partial charge in [-0.05, 0) is 18.6 Å². The molecule has 3 N–H and O–H groups in total. The molecule has 1 amide bonds. The zero-order valence-electron chi connectivity index (χ0n) is 9.86. The first-order valence-corrected chi connectivity index (χ1v) is 5.48. The van der Waals surface area contributed by atoms with E-state index in [0.29, 0.717) is 0 Å². The summed E-state index contributed by atoms with van der Waals surface area (Å²) in [7, 11) is 0. The molecule has 0 aliphatic carbocycles. The molecule has 1 rings (SSSR count). The Bertz CT molecular complexity index is 406. The van der Waals surface area contributed by atoms with Crippen molar-refractivity contribution < 1.29 is 23.8 Å². The van der Waals surface area contributed by atoms with E-state index in [2.05, 4.69) is 5.32 Å². The summed E-state index contributed by atoms with van der Waals surface area (Å²) in [5.41, 5.74) is -0.562. The molecule has 2 atom stereocenters. The molecule has 0 saturated heterocycles. The Morgan fingerprint density at radius 3 is 2.39 bits per heavy atom. The van der Waals surface area contributed by atoms with Gasteiger partial charge in [0.15, 0.2) is 0 Å². The number of aliphatic hydroxyl groups excluding tert-OH is 2. The van der Waals surface area contributed by atoms with E-state index < -0.39 is 29.4 Å². The summed E-state index contributed by atoms with van der Waals surface area (Å²) in [5.74, 6) is -2.11. The number of nitrogens with one attached hydrogen (secondary N) is 1. The lowest BCUT2D eigenvalue weighted by atomic mass is 10.0. The molecule has 0 spiro atoms. The van der Waals surface area contributed by atoms with E-state index >= 15 is 0 Å². The van der Waals surface area contributed by atoms with Gasteiger partial charge in [0.1, 0.15) is 17.7 Å². The number of amides is 1. The van der Waals surface area contributed by atoms with E-state index in [-0.39, 0.29) is 18.9 Å². The van der Waals surface area contributed by atoms with Crippen molar-refractivity contribution in [2.45, 2.75) is 25.6 Å². The second-order valence-electron chi connectivity index (χ2n) is 3.92. The molecule has 18 heavy (non-hydrogen) atoms. The van der Waals surface area contributed by atoms with Gasteiger partial charge in [-0.2, -0.15) is 0 Å². The number of carbonyl (C=O) groups is 1. The van der Waals surface area contributed by atoms with Crippen LogP contribution >= 0.6 is 0 Å². The fourth-order valence-corrected chi connectivity index (χ4v) is 1.54. The summed E-state index contributed by atoms with van der Waals surface area (Å²) in [6.07, 6.45) is -3.03. The Hall–Kier alpha value is -1.53. The zero-order valence-corrected chi connectivity index (χ0v) is 9.86. The summed E-state index contributed by atoms with van der Waals surface area (Å²) in [6.45, 7) is 1.42. The Morgan fingerprint density at radius 2 is 1.89 bits per heavy atom. The summed E-state index contributed by atoms with van der Waals surface area (Å²) in [4.78, 5) is 10.6. The molecule has 0 aliphatic rings. The molecule has 2 unspecified atom stereocenters. The summed E-state index contributed by atoms with van der Waals surface area (Å²) in [5, 5.41) is 21.7. The van der Waals surface area contributed by atoms with Gasteiger partial charge in [-0.3, -0.25) is 4.79 Å². The van der Waals surface area contributed by atoms with Crippen LogP contribution in [-0.4, -0.2) is 28.8 Å². The van der Waals surface area contributed by atoms with Gasteiger partial charge in [-0.1, -0.05) is 6.07 Å². The van der Waals surface area contributed by atoms with Crippen LogP contribution in [0.2, 0.25) is 0 Å². The zero-order chi connectivity index (χ0) is 13.7. The van der Waals surface area contributed by atoms with Crippen molar-refractivity contribution in [1.29, 1.82) is 0 Å². The maximum absolute atomic E-state index is 13.3. The third kappa shape index (κ3) is 3.75. The molecular formula is C12H15F2NO3. The van der Waals surface area contributed by atoms with Crippen LogP contribution in [0.4, 0.5) is 8.78 Å². The van der Waals surface area contributed by atoms with E-state index in [1.165, 1.54) is 13.0 Å². The fourth-order valence-electron chi connectivity index (χ4n) is 1.54. The first-order chi connectivity index (χ1) is 8.43. The van der Waals surface area contributed by atoms with Crippen LogP contribution in [0.3, 0.4) is 0 Å². The van der Waals surface area contributed by atoms with E-state index in [1.807, 2.05) is 0 Å². The number of hydrogen-bond acceptors (Lipinski definition) is 3. The molecule has 6 heteroatoms. The molecule has 0 saturated carbocycles. The minimum atomic E-state index is -1.67. The SMILES string of the molecule is CC(=O)NCCC(O)C(O)c1c(F)cccc1F. The highest BCUT2D eigenvalue weighted by Crippen LogP contribution is 2.24. The molecular weight excluding hydrogens is 244 g/mol. The predicted molar refractivity (Wildman–Crippen MR) is 60.6 cm³/mol. The Labute approximate surface area is 103 Å². The predicted octanol–water partition coefficient (Wildman–Crippen LogP) is 0.885. The van der Waals surface area contributed by atoms with Gasteiger partial charge in [0.2, 0.25) is 5.91 Å². The largest absolute Gasteiger partial charge is 0.390 e. The van der Waals surface area contributed by atoms with Crippen molar-refractivity contribution in [1.82, 2.24) is 5.32 Å². The lowest BCUT2D eigenvalue weighted by molar-refractivity contribution is -0.119. The minimum Gasteiger partial charge on any atom is -0.390 e. The molecule has 0 bridgehead atoms. The smallest absolute Gasteiger partial charge is 0.216 e. The number of carbonyl (C=O) groups excluding carboxylic acids is 1. The van der Waals surface area contributed by atoms with Crippen LogP contribution in [0.5, 0.6) is 0 Å². The summed E-state index contributed by atoms with van der Waals surface area (Å²) >= 11 is 0. The van der Waals surface area contributed by atoms with Crippen molar-refractivity contribution in [3.63, 3.8) is 0 Å². The molecule has 1 aromatic rings. The molecule has 1 aromatic carbocycles. The van der Waals surface area contributed by atoms with Gasteiger partial charge in [-0.15, -0.1) is 0 Å². The van der Waals surface area contributed by atoms with Crippen LogP contribution in [0, 0.1) is 11.6 Å². The van der Waals surface area contributed by atoms with Crippen molar-refractivity contribution >= 4 is 5.91 Å². The lowest BCUT2D eigenvalue weighted by Crippen LogP contribution is -2.28. The Kier molecular flexibility index (Phi) is 5.18. The van der Waals surface area contributed by atoms with Gasteiger partial charge in [0.25, 0.3) is 0 Å². The molecule has 0 aromatic heterocycles. The van der Waals surface area contributed by atoms with Crippen LogP contribution in [-0.2, 0) is 4.79 Å². The number of halogens is 2. The maximum atomic E-state index is 13.3. The van der Waals surface area contributed by atoms with Crippen LogP contribution in [0.1, 0.15) is 25.0 Å². The van der Waals surface area contributed by atoms with Crippen LogP contribution in [0.15, 0.2) is 18.2 Å². The monoisotopic (exact) mass is 259 g/mol. The maximum Gasteiger partial charge on any atom is 0.216 e. The third-order valence-electron chi connectivity index (χ3n) is 2.47. The number of aliphatic hydroxyl groups is 2. The van der Waals surface area contributed by atoms with Crippen molar-refractivity contribution in [2.24, 2.45) is 0 Å². The summed E-state index contributed by atoms with van der Waals surface area (Å²) in [6, 6.07) is 3.18. The van der Waals surface area contributed by atoms with Crippen molar-refractivity contribution in [3.8, 4) is 0 Å². The first-order valence-electron chi connectivity index (χ1n) is 5.48. The average Bonchev–Trinajstić information content (AvgIpc) is 2.27. The second-order valence-corrected chi connectivity index (χ2v) is 3.92. The quantitative estimate of drug-likeness (QED) is 0.735. The van der Waals surface area contributed by atoms with Crippen LogP contribution < -0.4 is 5.32 Å². The van der Waals surface area contributed by atoms with Crippen molar-refractivity contribution in [2.75, 3.05) is 6.54 Å². The standard InChI is InChI=1S/C12H15F2NO3/c1-7(16)15-6-5-10(17)12(18)11-8(13)3-2-4-9(11)14/h2-4,10,12,17-18H,5-6H2,1H3,(H,15,16). The van der Waals surface area contributed by atoms with E-state index in [4.69, 9.17) is 0 Å². The van der Waals surface area contributed by atoms with Gasteiger partial charge < -0.3 is 15.5 Å². The van der Waals surface area contributed by atoms with Gasteiger partial charge >= 0.3 is 0 Å². The lowest BCUT2D eigenvalue weighted by Gasteiger charge is -2.19. The normalized spacial score (nSPS) is 14.1. The van der Waals surface area contributed by atoms with E-state index in [0.717, 1.165) is 12.1 Å². The van der Waals surface area contributed by atoms with Gasteiger partial charge in [0, 0.05) is 13.5 Å². The van der Waals surface area contributed by atoms with Gasteiger partial charge in [-0.25, -0.2) is 8.78 Å². The minimum absolute atomic E-state index is 0.00544. The second kappa shape index (κ2) is 6.42.